The van der Waals surface area contributed by atoms with Crippen LogP contribution in [-0.4, -0.2) is 49.0 Å². The Hall–Kier alpha value is -0.920. The molecule has 0 saturated carbocycles. The maximum absolute atomic E-state index is 13.8. The van der Waals surface area contributed by atoms with Gasteiger partial charge in [0, 0.05) is 35.2 Å². The molecule has 0 bridgehead atoms. The molecule has 1 saturated heterocycles. The zero-order chi connectivity index (χ0) is 20.1. The van der Waals surface area contributed by atoms with Crippen LogP contribution in [0, 0.1) is 5.82 Å². The van der Waals surface area contributed by atoms with Crippen molar-refractivity contribution in [3.05, 3.63) is 68.4 Å². The van der Waals surface area contributed by atoms with E-state index in [1.54, 1.807) is 12.1 Å². The number of nitrogens with zero attached hydrogens (tertiary/aromatic N) is 1. The van der Waals surface area contributed by atoms with Gasteiger partial charge in [-0.25, -0.2) is 4.39 Å². The van der Waals surface area contributed by atoms with Crippen molar-refractivity contribution in [1.29, 1.82) is 0 Å². The molecule has 1 aliphatic rings. The largest absolute Gasteiger partial charge is 0.389 e. The molecule has 2 atom stereocenters. The van der Waals surface area contributed by atoms with Crippen molar-refractivity contribution >= 4 is 34.8 Å². The summed E-state index contributed by atoms with van der Waals surface area (Å²) in [5, 5.41) is 11.3. The number of rotatable bonds is 7. The summed E-state index contributed by atoms with van der Waals surface area (Å²) in [7, 11) is 0. The van der Waals surface area contributed by atoms with E-state index in [0.717, 1.165) is 5.56 Å². The molecular formula is C20H21Cl3FNO3. The number of aliphatic hydroxyl groups excluding tert-OH is 1. The summed E-state index contributed by atoms with van der Waals surface area (Å²) < 4.78 is 25.1. The van der Waals surface area contributed by atoms with Gasteiger partial charge in [0.1, 0.15) is 5.82 Å². The third-order valence-corrected chi connectivity index (χ3v) is 5.37. The maximum Gasteiger partial charge on any atom is 0.142 e. The van der Waals surface area contributed by atoms with Crippen molar-refractivity contribution in [2.45, 2.75) is 18.8 Å². The van der Waals surface area contributed by atoms with E-state index in [0.29, 0.717) is 48.5 Å². The van der Waals surface area contributed by atoms with E-state index in [1.807, 2.05) is 17.0 Å². The fourth-order valence-electron chi connectivity index (χ4n) is 3.09. The molecule has 28 heavy (non-hydrogen) atoms. The van der Waals surface area contributed by atoms with Gasteiger partial charge in [0.15, 0.2) is 0 Å². The molecular weight excluding hydrogens is 428 g/mol. The number of hydrogen-bond acceptors (Lipinski definition) is 4. The van der Waals surface area contributed by atoms with Crippen LogP contribution in [0.5, 0.6) is 0 Å². The second kappa shape index (κ2) is 10.2. The van der Waals surface area contributed by atoms with Crippen LogP contribution in [0.4, 0.5) is 4.39 Å². The minimum Gasteiger partial charge on any atom is -0.389 e. The van der Waals surface area contributed by atoms with Gasteiger partial charge in [-0.3, -0.25) is 4.90 Å². The Morgan fingerprint density at radius 3 is 2.68 bits per heavy atom. The van der Waals surface area contributed by atoms with Crippen LogP contribution in [0.25, 0.3) is 0 Å². The molecule has 0 amide bonds. The third kappa shape index (κ3) is 6.04. The number of hydrogen-bond donors (Lipinski definition) is 1. The summed E-state index contributed by atoms with van der Waals surface area (Å²) in [6.45, 7) is 2.66. The van der Waals surface area contributed by atoms with E-state index < -0.39 is 11.9 Å². The van der Waals surface area contributed by atoms with Crippen LogP contribution in [-0.2, 0) is 16.1 Å². The van der Waals surface area contributed by atoms with Crippen LogP contribution in [0.1, 0.15) is 17.2 Å². The van der Waals surface area contributed by atoms with Crippen molar-refractivity contribution in [3.63, 3.8) is 0 Å². The van der Waals surface area contributed by atoms with Crippen LogP contribution >= 0.6 is 34.8 Å². The molecule has 0 radical (unpaired) electrons. The summed E-state index contributed by atoms with van der Waals surface area (Å²) in [5.41, 5.74) is 1.55. The smallest absolute Gasteiger partial charge is 0.142 e. The Balaban J connectivity index is 1.49. The van der Waals surface area contributed by atoms with Gasteiger partial charge in [0.25, 0.3) is 0 Å². The second-order valence-electron chi connectivity index (χ2n) is 6.70. The Bertz CT molecular complexity index is 791. The van der Waals surface area contributed by atoms with Gasteiger partial charge in [-0.15, -0.1) is 0 Å². The topological polar surface area (TPSA) is 41.9 Å². The van der Waals surface area contributed by atoms with Crippen molar-refractivity contribution in [2.75, 3.05) is 32.8 Å². The Labute approximate surface area is 178 Å². The number of morpholine rings is 1. The van der Waals surface area contributed by atoms with E-state index in [-0.39, 0.29) is 17.7 Å². The lowest BCUT2D eigenvalue weighted by Crippen LogP contribution is -2.43. The van der Waals surface area contributed by atoms with Gasteiger partial charge in [0.2, 0.25) is 0 Å². The van der Waals surface area contributed by atoms with Crippen molar-refractivity contribution < 1.29 is 19.0 Å². The molecule has 4 nitrogen and oxygen atoms in total. The van der Waals surface area contributed by atoms with Crippen LogP contribution in [0.2, 0.25) is 15.1 Å². The normalized spacial score (nSPS) is 19.0. The summed E-state index contributed by atoms with van der Waals surface area (Å²) in [4.78, 5) is 2.05. The molecule has 1 aliphatic heterocycles. The molecule has 1 fully saturated rings. The summed E-state index contributed by atoms with van der Waals surface area (Å²) in [6, 6.07) is 10.1. The van der Waals surface area contributed by atoms with Crippen LogP contribution < -0.4 is 0 Å². The predicted molar refractivity (Wildman–Crippen MR) is 109 cm³/mol. The molecule has 2 unspecified atom stereocenters. The van der Waals surface area contributed by atoms with Gasteiger partial charge in [0.05, 0.1) is 37.1 Å². The molecule has 152 valence electrons. The summed E-state index contributed by atoms with van der Waals surface area (Å²) in [5.74, 6) is -0.530. The highest BCUT2D eigenvalue weighted by atomic mass is 35.5. The molecule has 1 N–H and O–H groups in total. The van der Waals surface area contributed by atoms with Crippen molar-refractivity contribution in [1.82, 2.24) is 4.90 Å². The first-order valence-electron chi connectivity index (χ1n) is 8.91. The standard InChI is InChI=1S/C20H21Cl3FNO3/c21-14-3-1-13(2-4-14)11-27-12-15(26)9-25-5-6-28-20(10-25)16-7-19(24)18(23)8-17(16)22/h1-4,7-8,15,20,26H,5-6,9-12H2. The lowest BCUT2D eigenvalue weighted by Gasteiger charge is -2.34. The van der Waals surface area contributed by atoms with E-state index in [9.17, 15) is 9.50 Å². The Kier molecular flexibility index (Phi) is 7.94. The average molecular weight is 449 g/mol. The monoisotopic (exact) mass is 447 g/mol. The lowest BCUT2D eigenvalue weighted by molar-refractivity contribution is -0.0537. The first-order valence-corrected chi connectivity index (χ1v) is 10.0. The minimum absolute atomic E-state index is 0.0188. The highest BCUT2D eigenvalue weighted by Gasteiger charge is 2.26. The van der Waals surface area contributed by atoms with E-state index in [1.165, 1.54) is 12.1 Å². The first-order chi connectivity index (χ1) is 13.4. The maximum atomic E-state index is 13.8. The first kappa shape index (κ1) is 21.8. The predicted octanol–water partition coefficient (Wildman–Crippen LogP) is 4.74. The summed E-state index contributed by atoms with van der Waals surface area (Å²) in [6.07, 6.45) is -1.03. The van der Waals surface area contributed by atoms with Crippen molar-refractivity contribution in [3.8, 4) is 0 Å². The molecule has 0 spiro atoms. The molecule has 0 aliphatic carbocycles. The lowest BCUT2D eigenvalue weighted by atomic mass is 10.1. The number of ether oxygens (including phenoxy) is 2. The van der Waals surface area contributed by atoms with E-state index in [2.05, 4.69) is 0 Å². The molecule has 3 rings (SSSR count). The molecule has 2 aromatic rings. The van der Waals surface area contributed by atoms with E-state index >= 15 is 0 Å². The van der Waals surface area contributed by atoms with E-state index in [4.69, 9.17) is 44.3 Å². The zero-order valence-electron chi connectivity index (χ0n) is 15.1. The minimum atomic E-state index is -0.650. The van der Waals surface area contributed by atoms with Crippen molar-refractivity contribution in [2.24, 2.45) is 0 Å². The average Bonchev–Trinajstić information content (AvgIpc) is 2.66. The highest BCUT2D eigenvalue weighted by molar-refractivity contribution is 6.35. The SMILES string of the molecule is OC(COCc1ccc(Cl)cc1)CN1CCOC(c2cc(F)c(Cl)cc2Cl)C1. The number of halogens is 4. The molecule has 8 heteroatoms. The van der Waals surface area contributed by atoms with Gasteiger partial charge in [-0.05, 0) is 29.8 Å². The zero-order valence-corrected chi connectivity index (χ0v) is 17.4. The van der Waals surface area contributed by atoms with Gasteiger partial charge < -0.3 is 14.6 Å². The summed E-state index contributed by atoms with van der Waals surface area (Å²) >= 11 is 17.8. The highest BCUT2D eigenvalue weighted by Crippen LogP contribution is 2.32. The third-order valence-electron chi connectivity index (χ3n) is 4.50. The van der Waals surface area contributed by atoms with Crippen LogP contribution in [0.15, 0.2) is 36.4 Å². The molecule has 1 heterocycles. The molecule has 2 aromatic carbocycles. The number of benzene rings is 2. The Morgan fingerprint density at radius 1 is 1.18 bits per heavy atom. The van der Waals surface area contributed by atoms with Crippen LogP contribution in [0.3, 0.4) is 0 Å². The van der Waals surface area contributed by atoms with Gasteiger partial charge in [-0.2, -0.15) is 0 Å². The number of aliphatic hydroxyl groups is 1. The quantitative estimate of drug-likeness (QED) is 0.622. The molecule has 0 aromatic heterocycles. The second-order valence-corrected chi connectivity index (χ2v) is 7.95. The fraction of sp³-hybridized carbons (Fsp3) is 0.400. The Morgan fingerprint density at radius 2 is 1.93 bits per heavy atom. The number of β-amino-alcohol motifs (C(OH)–C–C–N with tert-alkyl or cyclic N) is 1. The van der Waals surface area contributed by atoms with Gasteiger partial charge >= 0.3 is 0 Å². The fourth-order valence-corrected chi connectivity index (χ4v) is 3.72. The van der Waals surface area contributed by atoms with Gasteiger partial charge in [-0.1, -0.05) is 46.9 Å².